The zero-order valence-corrected chi connectivity index (χ0v) is 12.6. The van der Waals surface area contributed by atoms with Gasteiger partial charge in [-0.3, -0.25) is 9.63 Å². The molecule has 0 spiro atoms. The van der Waals surface area contributed by atoms with E-state index in [0.717, 1.165) is 31.9 Å². The van der Waals surface area contributed by atoms with Crippen LogP contribution < -0.4 is 10.2 Å². The molecule has 1 rings (SSSR count). The first-order chi connectivity index (χ1) is 8.78. The van der Waals surface area contributed by atoms with Crippen molar-refractivity contribution in [3.63, 3.8) is 0 Å². The van der Waals surface area contributed by atoms with Gasteiger partial charge in [0.05, 0.1) is 12.4 Å². The van der Waals surface area contributed by atoms with Crippen LogP contribution in [0.5, 0.6) is 0 Å². The Kier molecular flexibility index (Phi) is 6.22. The van der Waals surface area contributed by atoms with E-state index in [2.05, 4.69) is 10.2 Å². The summed E-state index contributed by atoms with van der Waals surface area (Å²) in [6.45, 7) is 3.87. The molecule has 0 aromatic rings. The van der Waals surface area contributed by atoms with Crippen LogP contribution in [0.15, 0.2) is 0 Å². The number of sulfonamides is 1. The van der Waals surface area contributed by atoms with E-state index >= 15 is 0 Å². The summed E-state index contributed by atoms with van der Waals surface area (Å²) in [6, 6.07) is -0.781. The Morgan fingerprint density at radius 3 is 2.37 bits per heavy atom. The van der Waals surface area contributed by atoms with Crippen LogP contribution in [0.25, 0.3) is 0 Å². The minimum Gasteiger partial charge on any atom is -0.271 e. The molecule has 1 unspecified atom stereocenters. The van der Waals surface area contributed by atoms with Crippen molar-refractivity contribution in [2.24, 2.45) is 5.92 Å². The molecular weight excluding hydrogens is 268 g/mol. The van der Waals surface area contributed by atoms with Crippen LogP contribution in [-0.2, 0) is 19.7 Å². The molecule has 6 nitrogen and oxygen atoms in total. The minimum atomic E-state index is -3.42. The van der Waals surface area contributed by atoms with Gasteiger partial charge in [0.2, 0.25) is 10.0 Å². The molecule has 0 heterocycles. The maximum absolute atomic E-state index is 12.0. The average molecular weight is 292 g/mol. The molecule has 1 atom stereocenters. The Hall–Kier alpha value is -0.660. The van der Waals surface area contributed by atoms with Gasteiger partial charge >= 0.3 is 0 Å². The van der Waals surface area contributed by atoms with Gasteiger partial charge in [0.15, 0.2) is 0 Å². The molecule has 19 heavy (non-hydrogen) atoms. The van der Waals surface area contributed by atoms with Gasteiger partial charge in [-0.15, -0.1) is 0 Å². The third-order valence-electron chi connectivity index (χ3n) is 3.01. The Labute approximate surface area is 115 Å². The number of amides is 1. The van der Waals surface area contributed by atoms with Crippen molar-refractivity contribution in [1.29, 1.82) is 0 Å². The second-order valence-corrected chi connectivity index (χ2v) is 7.34. The molecule has 7 heteroatoms. The second-order valence-electron chi connectivity index (χ2n) is 5.56. The zero-order valence-electron chi connectivity index (χ0n) is 11.8. The summed E-state index contributed by atoms with van der Waals surface area (Å²) < 4.78 is 24.9. The van der Waals surface area contributed by atoms with Gasteiger partial charge in [0.25, 0.3) is 5.91 Å². The highest BCUT2D eigenvalue weighted by molar-refractivity contribution is 7.88. The number of nitrogens with one attached hydrogen (secondary N) is 2. The highest BCUT2D eigenvalue weighted by atomic mass is 32.2. The van der Waals surface area contributed by atoms with Crippen LogP contribution in [0.1, 0.15) is 46.0 Å². The standard InChI is InChI=1S/C12H24N2O4S/c1-9(2)8-11(14-19(3,16)17)12(15)13-18-10-6-4-5-7-10/h9-11,14H,4-8H2,1-3H3,(H,13,15). The number of rotatable bonds is 7. The number of carbonyl (C=O) groups excluding carboxylic acids is 1. The summed E-state index contributed by atoms with van der Waals surface area (Å²) in [6.07, 6.45) is 5.64. The topological polar surface area (TPSA) is 84.5 Å². The van der Waals surface area contributed by atoms with Gasteiger partial charge in [-0.05, 0) is 25.2 Å². The summed E-state index contributed by atoms with van der Waals surface area (Å²) in [5.41, 5.74) is 2.39. The number of hydroxylamine groups is 1. The van der Waals surface area contributed by atoms with E-state index in [-0.39, 0.29) is 12.0 Å². The quantitative estimate of drug-likeness (QED) is 0.684. The summed E-state index contributed by atoms with van der Waals surface area (Å²) in [4.78, 5) is 17.3. The molecule has 112 valence electrons. The Balaban J connectivity index is 2.49. The molecule has 0 aromatic carbocycles. The van der Waals surface area contributed by atoms with E-state index in [1.54, 1.807) is 0 Å². The van der Waals surface area contributed by atoms with E-state index in [9.17, 15) is 13.2 Å². The fourth-order valence-electron chi connectivity index (χ4n) is 2.16. The fraction of sp³-hybridized carbons (Fsp3) is 0.917. The Bertz CT molecular complexity index is 389. The number of hydrogen-bond donors (Lipinski definition) is 2. The van der Waals surface area contributed by atoms with Crippen molar-refractivity contribution in [2.75, 3.05) is 6.26 Å². The lowest BCUT2D eigenvalue weighted by Crippen LogP contribution is -2.47. The number of hydrogen-bond acceptors (Lipinski definition) is 4. The normalized spacial score (nSPS) is 18.7. The summed E-state index contributed by atoms with van der Waals surface area (Å²) >= 11 is 0. The van der Waals surface area contributed by atoms with Crippen LogP contribution >= 0.6 is 0 Å². The number of carbonyl (C=O) groups is 1. The lowest BCUT2D eigenvalue weighted by Gasteiger charge is -2.20. The molecule has 0 aliphatic heterocycles. The maximum atomic E-state index is 12.0. The molecule has 1 aliphatic rings. The molecule has 2 N–H and O–H groups in total. The fourth-order valence-corrected chi connectivity index (χ4v) is 2.88. The molecule has 1 fully saturated rings. The van der Waals surface area contributed by atoms with Crippen LogP contribution in [0.4, 0.5) is 0 Å². The van der Waals surface area contributed by atoms with Gasteiger partial charge in [-0.2, -0.15) is 0 Å². The van der Waals surface area contributed by atoms with E-state index in [0.29, 0.717) is 6.42 Å². The lowest BCUT2D eigenvalue weighted by molar-refractivity contribution is -0.140. The molecule has 1 amide bonds. The van der Waals surface area contributed by atoms with E-state index < -0.39 is 22.0 Å². The molecular formula is C12H24N2O4S. The predicted molar refractivity (Wildman–Crippen MR) is 72.7 cm³/mol. The zero-order chi connectivity index (χ0) is 14.5. The first-order valence-electron chi connectivity index (χ1n) is 6.70. The monoisotopic (exact) mass is 292 g/mol. The van der Waals surface area contributed by atoms with Crippen LogP contribution in [0.2, 0.25) is 0 Å². The van der Waals surface area contributed by atoms with Crippen molar-refractivity contribution in [3.8, 4) is 0 Å². The molecule has 1 saturated carbocycles. The minimum absolute atomic E-state index is 0.0573. The van der Waals surface area contributed by atoms with Gasteiger partial charge in [0.1, 0.15) is 6.04 Å². The largest absolute Gasteiger partial charge is 0.271 e. The van der Waals surface area contributed by atoms with Gasteiger partial charge in [-0.25, -0.2) is 18.6 Å². The van der Waals surface area contributed by atoms with Gasteiger partial charge < -0.3 is 0 Å². The molecule has 0 aromatic heterocycles. The van der Waals surface area contributed by atoms with Gasteiger partial charge in [0, 0.05) is 0 Å². The van der Waals surface area contributed by atoms with E-state index in [1.165, 1.54) is 0 Å². The molecule has 0 saturated heterocycles. The Morgan fingerprint density at radius 2 is 1.89 bits per heavy atom. The van der Waals surface area contributed by atoms with Crippen molar-refractivity contribution < 1.29 is 18.0 Å². The van der Waals surface area contributed by atoms with Crippen LogP contribution in [-0.4, -0.2) is 32.7 Å². The maximum Gasteiger partial charge on any atom is 0.261 e. The first-order valence-corrected chi connectivity index (χ1v) is 8.60. The molecule has 1 aliphatic carbocycles. The molecule has 0 radical (unpaired) electrons. The highest BCUT2D eigenvalue weighted by Gasteiger charge is 2.25. The second kappa shape index (κ2) is 7.21. The van der Waals surface area contributed by atoms with E-state index in [4.69, 9.17) is 4.84 Å². The van der Waals surface area contributed by atoms with Crippen LogP contribution in [0.3, 0.4) is 0 Å². The lowest BCUT2D eigenvalue weighted by atomic mass is 10.0. The van der Waals surface area contributed by atoms with Crippen LogP contribution in [0, 0.1) is 5.92 Å². The smallest absolute Gasteiger partial charge is 0.261 e. The van der Waals surface area contributed by atoms with Gasteiger partial charge in [-0.1, -0.05) is 26.7 Å². The van der Waals surface area contributed by atoms with Crippen molar-refractivity contribution in [2.45, 2.75) is 58.1 Å². The predicted octanol–water partition coefficient (Wildman–Crippen LogP) is 0.941. The molecule has 0 bridgehead atoms. The first kappa shape index (κ1) is 16.4. The Morgan fingerprint density at radius 1 is 1.32 bits per heavy atom. The third kappa shape index (κ3) is 6.89. The summed E-state index contributed by atoms with van der Waals surface area (Å²) in [5.74, 6) is -0.220. The SMILES string of the molecule is CC(C)CC(NS(C)(=O)=O)C(=O)NOC1CCCC1. The van der Waals surface area contributed by atoms with Crippen molar-refractivity contribution in [3.05, 3.63) is 0 Å². The summed E-state index contributed by atoms with van der Waals surface area (Å²) in [7, 11) is -3.42. The highest BCUT2D eigenvalue weighted by Crippen LogP contribution is 2.20. The van der Waals surface area contributed by atoms with Crippen molar-refractivity contribution in [1.82, 2.24) is 10.2 Å². The van der Waals surface area contributed by atoms with Crippen molar-refractivity contribution >= 4 is 15.9 Å². The summed E-state index contributed by atoms with van der Waals surface area (Å²) in [5, 5.41) is 0. The van der Waals surface area contributed by atoms with E-state index in [1.807, 2.05) is 13.8 Å². The third-order valence-corrected chi connectivity index (χ3v) is 3.72. The average Bonchev–Trinajstić information content (AvgIpc) is 2.75.